The van der Waals surface area contributed by atoms with Crippen molar-refractivity contribution < 1.29 is 9.18 Å². The number of carbonyl (C=O) groups excluding carboxylic acids is 1. The number of benzene rings is 2. The SMILES string of the molecule is CN1[C@@H]2CC[C@H]1[C@@H](NC(=O)N1CCc3ccccc3[C@@H]1c1ccc(F)cc1)C2. The third kappa shape index (κ3) is 2.89. The number of nitrogens with one attached hydrogen (secondary N) is 1. The van der Waals surface area contributed by atoms with Gasteiger partial charge in [0.1, 0.15) is 5.82 Å². The van der Waals surface area contributed by atoms with Gasteiger partial charge in [-0.25, -0.2) is 9.18 Å². The number of hydrogen-bond donors (Lipinski definition) is 1. The van der Waals surface area contributed by atoms with Gasteiger partial charge in [0.25, 0.3) is 0 Å². The van der Waals surface area contributed by atoms with Crippen molar-refractivity contribution in [1.29, 1.82) is 0 Å². The van der Waals surface area contributed by atoms with E-state index >= 15 is 0 Å². The van der Waals surface area contributed by atoms with Crippen LogP contribution in [0.25, 0.3) is 0 Å². The first-order valence-corrected chi connectivity index (χ1v) is 10.2. The molecule has 2 bridgehead atoms. The Balaban J connectivity index is 1.44. The molecule has 2 amide bonds. The van der Waals surface area contributed by atoms with Crippen molar-refractivity contribution in [3.05, 3.63) is 71.0 Å². The first-order chi connectivity index (χ1) is 13.6. The van der Waals surface area contributed by atoms with Crippen LogP contribution in [0, 0.1) is 5.82 Å². The number of likely N-dealkylation sites (N-methyl/N-ethyl adjacent to an activating group) is 1. The Morgan fingerprint density at radius 1 is 1.11 bits per heavy atom. The zero-order valence-electron chi connectivity index (χ0n) is 16.1. The fourth-order valence-corrected chi connectivity index (χ4v) is 5.45. The van der Waals surface area contributed by atoms with Crippen LogP contribution in [0.2, 0.25) is 0 Å². The highest BCUT2D eigenvalue weighted by Crippen LogP contribution is 2.38. The van der Waals surface area contributed by atoms with Gasteiger partial charge in [-0.2, -0.15) is 0 Å². The van der Waals surface area contributed by atoms with Crippen LogP contribution in [0.15, 0.2) is 48.5 Å². The third-order valence-corrected chi connectivity index (χ3v) is 6.92. The Bertz CT molecular complexity index is 884. The largest absolute Gasteiger partial charge is 0.334 e. The summed E-state index contributed by atoms with van der Waals surface area (Å²) in [5, 5.41) is 3.32. The van der Waals surface area contributed by atoms with Gasteiger partial charge in [-0.05, 0) is 61.6 Å². The maximum Gasteiger partial charge on any atom is 0.318 e. The van der Waals surface area contributed by atoms with Crippen LogP contribution in [-0.4, -0.2) is 47.5 Å². The molecule has 4 nitrogen and oxygen atoms in total. The van der Waals surface area contributed by atoms with Gasteiger partial charge in [-0.15, -0.1) is 0 Å². The summed E-state index contributed by atoms with van der Waals surface area (Å²) in [6.07, 6.45) is 4.29. The van der Waals surface area contributed by atoms with E-state index in [9.17, 15) is 9.18 Å². The first-order valence-electron chi connectivity index (χ1n) is 10.2. The molecule has 3 aliphatic rings. The van der Waals surface area contributed by atoms with E-state index in [1.165, 1.54) is 24.1 Å². The van der Waals surface area contributed by atoms with Crippen LogP contribution >= 0.6 is 0 Å². The van der Waals surface area contributed by atoms with E-state index < -0.39 is 0 Å². The molecule has 0 aromatic heterocycles. The molecule has 3 aliphatic heterocycles. The van der Waals surface area contributed by atoms with E-state index in [1.54, 1.807) is 12.1 Å². The molecule has 2 aromatic carbocycles. The lowest BCUT2D eigenvalue weighted by Crippen LogP contribution is -2.51. The second kappa shape index (κ2) is 6.89. The van der Waals surface area contributed by atoms with Crippen molar-refractivity contribution in [3.63, 3.8) is 0 Å². The van der Waals surface area contributed by atoms with E-state index in [-0.39, 0.29) is 23.9 Å². The predicted octanol–water partition coefficient (Wildman–Crippen LogP) is 3.72. The molecule has 4 atom stereocenters. The zero-order chi connectivity index (χ0) is 19.3. The maximum atomic E-state index is 13.5. The maximum absolute atomic E-state index is 13.5. The monoisotopic (exact) mass is 379 g/mol. The zero-order valence-corrected chi connectivity index (χ0v) is 16.1. The molecule has 28 heavy (non-hydrogen) atoms. The highest BCUT2D eigenvalue weighted by molar-refractivity contribution is 5.76. The molecule has 0 saturated carbocycles. The minimum Gasteiger partial charge on any atom is -0.334 e. The average molecular weight is 379 g/mol. The summed E-state index contributed by atoms with van der Waals surface area (Å²) >= 11 is 0. The van der Waals surface area contributed by atoms with Crippen LogP contribution in [0.5, 0.6) is 0 Å². The number of carbonyl (C=O) groups is 1. The molecule has 2 saturated heterocycles. The van der Waals surface area contributed by atoms with Gasteiger partial charge in [-0.1, -0.05) is 36.4 Å². The molecule has 0 spiro atoms. The van der Waals surface area contributed by atoms with Crippen LogP contribution in [0.4, 0.5) is 9.18 Å². The minimum atomic E-state index is -0.256. The van der Waals surface area contributed by atoms with Gasteiger partial charge in [0.15, 0.2) is 0 Å². The Labute approximate surface area is 165 Å². The number of amides is 2. The molecule has 0 radical (unpaired) electrons. The predicted molar refractivity (Wildman–Crippen MR) is 107 cm³/mol. The standard InChI is InChI=1S/C23H26FN3O/c1-26-18-10-11-21(26)20(14-18)25-23(28)27-13-12-15-4-2-3-5-19(15)22(27)16-6-8-17(24)9-7-16/h2-9,18,20-22H,10-14H2,1H3,(H,25,28)/t18-,20+,21+,22+/m1/s1. The topological polar surface area (TPSA) is 35.6 Å². The first kappa shape index (κ1) is 17.7. The summed E-state index contributed by atoms with van der Waals surface area (Å²) in [5.41, 5.74) is 3.36. The molecule has 2 fully saturated rings. The molecule has 146 valence electrons. The average Bonchev–Trinajstić information content (AvgIpc) is 3.21. The summed E-state index contributed by atoms with van der Waals surface area (Å²) in [5.74, 6) is -0.256. The molecular weight excluding hydrogens is 353 g/mol. The second-order valence-electron chi connectivity index (χ2n) is 8.35. The summed E-state index contributed by atoms with van der Waals surface area (Å²) < 4.78 is 13.5. The number of hydrogen-bond acceptors (Lipinski definition) is 2. The third-order valence-electron chi connectivity index (χ3n) is 6.92. The van der Waals surface area contributed by atoms with Gasteiger partial charge < -0.3 is 10.2 Å². The molecule has 0 unspecified atom stereocenters. The second-order valence-corrected chi connectivity index (χ2v) is 8.35. The van der Waals surface area contributed by atoms with Crippen molar-refractivity contribution in [3.8, 4) is 0 Å². The number of urea groups is 1. The van der Waals surface area contributed by atoms with Crippen LogP contribution in [-0.2, 0) is 6.42 Å². The smallest absolute Gasteiger partial charge is 0.318 e. The fraction of sp³-hybridized carbons (Fsp3) is 0.435. The lowest BCUT2D eigenvalue weighted by molar-refractivity contribution is 0.172. The van der Waals surface area contributed by atoms with Crippen LogP contribution < -0.4 is 5.32 Å². The molecule has 2 aromatic rings. The Kier molecular flexibility index (Phi) is 4.35. The van der Waals surface area contributed by atoms with E-state index in [4.69, 9.17) is 0 Å². The number of fused-ring (bicyclic) bond motifs is 3. The van der Waals surface area contributed by atoms with Gasteiger partial charge in [0.05, 0.1) is 6.04 Å². The number of nitrogens with zero attached hydrogens (tertiary/aromatic N) is 2. The Morgan fingerprint density at radius 2 is 1.89 bits per heavy atom. The Hall–Kier alpha value is -2.40. The van der Waals surface area contributed by atoms with Gasteiger partial charge in [-0.3, -0.25) is 4.90 Å². The fourth-order valence-electron chi connectivity index (χ4n) is 5.45. The van der Waals surface area contributed by atoms with E-state index in [0.29, 0.717) is 18.6 Å². The lowest BCUT2D eigenvalue weighted by atomic mass is 9.88. The van der Waals surface area contributed by atoms with E-state index in [2.05, 4.69) is 29.4 Å². The summed E-state index contributed by atoms with van der Waals surface area (Å²) in [6, 6.07) is 15.9. The highest BCUT2D eigenvalue weighted by atomic mass is 19.1. The van der Waals surface area contributed by atoms with Gasteiger partial charge in [0.2, 0.25) is 0 Å². The van der Waals surface area contributed by atoms with Crippen molar-refractivity contribution >= 4 is 6.03 Å². The number of rotatable bonds is 2. The van der Waals surface area contributed by atoms with Crippen LogP contribution in [0.3, 0.4) is 0 Å². The van der Waals surface area contributed by atoms with Gasteiger partial charge >= 0.3 is 6.03 Å². The van der Waals surface area contributed by atoms with Crippen molar-refractivity contribution in [2.75, 3.05) is 13.6 Å². The van der Waals surface area contributed by atoms with Crippen molar-refractivity contribution in [1.82, 2.24) is 15.1 Å². The van der Waals surface area contributed by atoms with Crippen LogP contribution in [0.1, 0.15) is 42.0 Å². The summed E-state index contributed by atoms with van der Waals surface area (Å²) in [7, 11) is 2.17. The summed E-state index contributed by atoms with van der Waals surface area (Å²) in [6.45, 7) is 0.668. The van der Waals surface area contributed by atoms with Crippen molar-refractivity contribution in [2.24, 2.45) is 0 Å². The summed E-state index contributed by atoms with van der Waals surface area (Å²) in [4.78, 5) is 17.7. The normalized spacial score (nSPS) is 29.0. The number of halogens is 1. The Morgan fingerprint density at radius 3 is 2.61 bits per heavy atom. The highest BCUT2D eigenvalue weighted by Gasteiger charge is 2.45. The molecule has 0 aliphatic carbocycles. The van der Waals surface area contributed by atoms with E-state index in [1.807, 2.05) is 17.0 Å². The molecule has 3 heterocycles. The minimum absolute atomic E-state index is 0.00484. The van der Waals surface area contributed by atoms with E-state index in [0.717, 1.165) is 30.4 Å². The quantitative estimate of drug-likeness (QED) is 0.863. The van der Waals surface area contributed by atoms with Gasteiger partial charge in [0, 0.05) is 24.7 Å². The molecule has 5 heteroatoms. The lowest BCUT2D eigenvalue weighted by Gasteiger charge is -2.39. The molecule has 5 rings (SSSR count). The van der Waals surface area contributed by atoms with Crippen molar-refractivity contribution in [2.45, 2.75) is 49.9 Å². The molecule has 1 N–H and O–H groups in total. The molecular formula is C23H26FN3O.